The maximum atomic E-state index is 11.4. The summed E-state index contributed by atoms with van der Waals surface area (Å²) in [5.41, 5.74) is 0. The molecule has 1 N–H and O–H groups in total. The molecule has 1 rings (SSSR count). The van der Waals surface area contributed by atoms with Crippen molar-refractivity contribution in [2.45, 2.75) is 12.6 Å². The van der Waals surface area contributed by atoms with Gasteiger partial charge in [-0.3, -0.25) is 4.74 Å². The summed E-state index contributed by atoms with van der Waals surface area (Å²) in [5, 5.41) is 1.81. The first-order valence-corrected chi connectivity index (χ1v) is 2.56. The van der Waals surface area contributed by atoms with Crippen LogP contribution in [0, 0.1) is 0 Å². The van der Waals surface area contributed by atoms with Crippen molar-refractivity contribution >= 4 is 12.2 Å². The Morgan fingerprint density at radius 1 is 1.64 bits per heavy atom. The zero-order chi connectivity index (χ0) is 8.48. The van der Waals surface area contributed by atoms with E-state index in [-0.39, 0.29) is 0 Å². The molecule has 0 radical (unpaired) electrons. The van der Waals surface area contributed by atoms with Gasteiger partial charge in [0.1, 0.15) is 0 Å². The number of hydrogen-bond acceptors (Lipinski definition) is 2. The highest BCUT2D eigenvalue weighted by molar-refractivity contribution is 5.92. The number of amides is 2. The van der Waals surface area contributed by atoms with Gasteiger partial charge in [-0.1, -0.05) is 0 Å². The molecule has 0 aromatic heterocycles. The Morgan fingerprint density at radius 3 is 2.64 bits per heavy atom. The van der Waals surface area contributed by atoms with Crippen LogP contribution in [0.2, 0.25) is 0 Å². The average Bonchev–Trinajstić information content (AvgIpc) is 2.10. The minimum atomic E-state index is -4.76. The van der Waals surface area contributed by atoms with Crippen LogP contribution in [0.3, 0.4) is 0 Å². The predicted molar refractivity (Wildman–Crippen MR) is 28.0 cm³/mol. The predicted octanol–water partition coefficient (Wildman–Crippen LogP) is 0.643. The number of ether oxygens (including phenoxy) is 1. The number of carbonyl (C=O) groups excluding carboxylic acids is 1. The van der Waals surface area contributed by atoms with Gasteiger partial charge in [0, 0.05) is 0 Å². The second-order valence-corrected chi connectivity index (χ2v) is 1.71. The normalized spacial score (nSPS) is 23.9. The van der Waals surface area contributed by atoms with E-state index in [1.165, 1.54) is 0 Å². The van der Waals surface area contributed by atoms with Crippen molar-refractivity contribution in [2.75, 3.05) is 0 Å². The third-order valence-corrected chi connectivity index (χ3v) is 0.854. The number of hydrogen-bond donors (Lipinski definition) is 1. The number of aliphatic imine (C=N–C) groups is 1. The molecule has 1 heterocycles. The van der Waals surface area contributed by atoms with Crippen LogP contribution in [-0.2, 0) is 4.74 Å². The SMILES string of the molecule is O=C1N=CC(OC(F)(F)F)N1. The lowest BCUT2D eigenvalue weighted by atomic mass is 10.6. The molecule has 11 heavy (non-hydrogen) atoms. The lowest BCUT2D eigenvalue weighted by molar-refractivity contribution is -0.334. The third kappa shape index (κ3) is 2.54. The number of urea groups is 1. The molecular formula is C4H3F3N2O2. The van der Waals surface area contributed by atoms with Crippen molar-refractivity contribution < 1.29 is 22.7 Å². The zero-order valence-electron chi connectivity index (χ0n) is 5.05. The standard InChI is InChI=1S/C4H3F3N2O2/c5-4(6,7)11-2-1-8-3(10)9-2/h1-2H,(H,9,10). The molecule has 0 bridgehead atoms. The summed E-state index contributed by atoms with van der Waals surface area (Å²) in [5.74, 6) is 0. The zero-order valence-corrected chi connectivity index (χ0v) is 5.05. The summed E-state index contributed by atoms with van der Waals surface area (Å²) < 4.78 is 37.6. The Kier molecular flexibility index (Phi) is 1.81. The van der Waals surface area contributed by atoms with Gasteiger partial charge in [-0.2, -0.15) is 0 Å². The average molecular weight is 168 g/mol. The lowest BCUT2D eigenvalue weighted by Crippen LogP contribution is -2.35. The third-order valence-electron chi connectivity index (χ3n) is 0.854. The molecule has 1 unspecified atom stereocenters. The van der Waals surface area contributed by atoms with Crippen molar-refractivity contribution in [3.8, 4) is 0 Å². The number of halogens is 3. The van der Waals surface area contributed by atoms with Gasteiger partial charge in [0.15, 0.2) is 6.23 Å². The molecule has 4 nitrogen and oxygen atoms in total. The number of alkyl halides is 3. The van der Waals surface area contributed by atoms with E-state index in [9.17, 15) is 18.0 Å². The quantitative estimate of drug-likeness (QED) is 0.624. The van der Waals surface area contributed by atoms with Gasteiger partial charge in [0.05, 0.1) is 6.21 Å². The van der Waals surface area contributed by atoms with E-state index in [0.717, 1.165) is 6.21 Å². The molecule has 1 aliphatic heterocycles. The summed E-state index contributed by atoms with van der Waals surface area (Å²) in [6, 6.07) is -0.834. The van der Waals surface area contributed by atoms with Crippen molar-refractivity contribution in [2.24, 2.45) is 4.99 Å². The minimum Gasteiger partial charge on any atom is -0.305 e. The highest BCUT2D eigenvalue weighted by Gasteiger charge is 2.35. The number of rotatable bonds is 1. The highest BCUT2D eigenvalue weighted by atomic mass is 19.4. The molecule has 0 aliphatic carbocycles. The molecule has 62 valence electrons. The van der Waals surface area contributed by atoms with Crippen LogP contribution in [0.5, 0.6) is 0 Å². The van der Waals surface area contributed by atoms with E-state index in [0.29, 0.717) is 0 Å². The van der Waals surface area contributed by atoms with Crippen molar-refractivity contribution in [3.63, 3.8) is 0 Å². The van der Waals surface area contributed by atoms with Gasteiger partial charge in [0.25, 0.3) is 0 Å². The maximum Gasteiger partial charge on any atom is 0.524 e. The Hall–Kier alpha value is -1.11. The van der Waals surface area contributed by atoms with Crippen LogP contribution < -0.4 is 5.32 Å². The molecule has 0 aromatic carbocycles. The molecule has 0 saturated carbocycles. The number of nitrogens with zero attached hydrogens (tertiary/aromatic N) is 1. The molecule has 1 atom stereocenters. The number of nitrogens with one attached hydrogen (secondary N) is 1. The van der Waals surface area contributed by atoms with E-state index in [4.69, 9.17) is 0 Å². The molecule has 0 spiro atoms. The smallest absolute Gasteiger partial charge is 0.305 e. The van der Waals surface area contributed by atoms with E-state index >= 15 is 0 Å². The minimum absolute atomic E-state index is 0.746. The van der Waals surface area contributed by atoms with E-state index in [1.54, 1.807) is 0 Å². The van der Waals surface area contributed by atoms with Crippen molar-refractivity contribution in [3.05, 3.63) is 0 Å². The van der Waals surface area contributed by atoms with E-state index in [1.807, 2.05) is 5.32 Å². The second-order valence-electron chi connectivity index (χ2n) is 1.71. The summed E-state index contributed by atoms with van der Waals surface area (Å²) >= 11 is 0. The van der Waals surface area contributed by atoms with E-state index in [2.05, 4.69) is 9.73 Å². The largest absolute Gasteiger partial charge is 0.524 e. The first-order valence-electron chi connectivity index (χ1n) is 2.56. The van der Waals surface area contributed by atoms with Crippen LogP contribution >= 0.6 is 0 Å². The number of carbonyl (C=O) groups is 1. The Bertz CT molecular complexity index is 200. The Balaban J connectivity index is 2.42. The highest BCUT2D eigenvalue weighted by Crippen LogP contribution is 2.18. The molecule has 1 aliphatic rings. The summed E-state index contributed by atoms with van der Waals surface area (Å²) in [6.45, 7) is 0. The molecule has 0 saturated heterocycles. The van der Waals surface area contributed by atoms with Gasteiger partial charge < -0.3 is 5.32 Å². The van der Waals surface area contributed by atoms with Gasteiger partial charge in [0.2, 0.25) is 0 Å². The fourth-order valence-electron chi connectivity index (χ4n) is 0.535. The monoisotopic (exact) mass is 168 g/mol. The second kappa shape index (κ2) is 2.50. The molecule has 2 amide bonds. The maximum absolute atomic E-state index is 11.4. The van der Waals surface area contributed by atoms with Crippen LogP contribution in [0.15, 0.2) is 4.99 Å². The fourth-order valence-corrected chi connectivity index (χ4v) is 0.535. The van der Waals surface area contributed by atoms with Crippen LogP contribution in [0.25, 0.3) is 0 Å². The van der Waals surface area contributed by atoms with Crippen molar-refractivity contribution in [1.82, 2.24) is 5.32 Å². The Labute approximate surface area is 59.0 Å². The summed E-state index contributed by atoms with van der Waals surface area (Å²) in [6.07, 6.45) is -5.49. The molecule has 7 heteroatoms. The summed E-state index contributed by atoms with van der Waals surface area (Å²) in [7, 11) is 0. The Morgan fingerprint density at radius 2 is 2.27 bits per heavy atom. The lowest BCUT2D eigenvalue weighted by Gasteiger charge is -2.10. The van der Waals surface area contributed by atoms with Gasteiger partial charge in [-0.25, -0.2) is 9.79 Å². The molecule has 0 fully saturated rings. The van der Waals surface area contributed by atoms with Gasteiger partial charge in [-0.05, 0) is 0 Å². The first kappa shape index (κ1) is 7.99. The fraction of sp³-hybridized carbons (Fsp3) is 0.500. The van der Waals surface area contributed by atoms with Crippen LogP contribution in [0.4, 0.5) is 18.0 Å². The molecule has 0 aromatic rings. The van der Waals surface area contributed by atoms with Gasteiger partial charge >= 0.3 is 12.4 Å². The van der Waals surface area contributed by atoms with Gasteiger partial charge in [-0.15, -0.1) is 13.2 Å². The molecular weight excluding hydrogens is 165 g/mol. The van der Waals surface area contributed by atoms with Crippen LogP contribution in [-0.4, -0.2) is 24.8 Å². The van der Waals surface area contributed by atoms with E-state index < -0.39 is 18.6 Å². The van der Waals surface area contributed by atoms with Crippen molar-refractivity contribution in [1.29, 1.82) is 0 Å². The van der Waals surface area contributed by atoms with Crippen LogP contribution in [0.1, 0.15) is 0 Å². The topological polar surface area (TPSA) is 50.7 Å². The summed E-state index contributed by atoms with van der Waals surface area (Å²) in [4.78, 5) is 13.2. The first-order chi connectivity index (χ1) is 4.97.